The molecule has 0 fully saturated rings. The van der Waals surface area contributed by atoms with Gasteiger partial charge in [0.1, 0.15) is 0 Å². The summed E-state index contributed by atoms with van der Waals surface area (Å²) in [6.45, 7) is 0. The molecule has 0 unspecified atom stereocenters. The van der Waals surface area contributed by atoms with Gasteiger partial charge in [0, 0.05) is 9.37 Å². The Labute approximate surface area is 93.0 Å². The summed E-state index contributed by atoms with van der Waals surface area (Å²) in [7, 11) is 0. The number of hydrogen-bond acceptors (Lipinski definition) is 1. The zero-order valence-electron chi connectivity index (χ0n) is 7.80. The second kappa shape index (κ2) is 5.46. The number of rotatable bonds is 1. The molecule has 0 aliphatic carbocycles. The molecule has 1 aromatic carbocycles. The molecule has 1 aromatic rings. The van der Waals surface area contributed by atoms with Gasteiger partial charge >= 0.3 is 23.1 Å². The van der Waals surface area contributed by atoms with E-state index in [1.807, 2.05) is 12.1 Å². The first-order chi connectivity index (χ1) is 4.33. The molecule has 0 nitrogen and oxygen atoms in total. The van der Waals surface area contributed by atoms with E-state index in [1.54, 1.807) is 11.8 Å². The quantitative estimate of drug-likeness (QED) is 0.527. The van der Waals surface area contributed by atoms with Crippen molar-refractivity contribution in [2.45, 2.75) is 4.90 Å². The van der Waals surface area contributed by atoms with Crippen LogP contribution in [0.3, 0.4) is 0 Å². The largest absolute Gasteiger partial charge is 2.00 e. The fourth-order valence-electron chi connectivity index (χ4n) is 0.594. The minimum absolute atomic E-state index is 0. The second-order valence-electron chi connectivity index (χ2n) is 1.66. The molecule has 3 heteroatoms. The zero-order valence-corrected chi connectivity index (χ0v) is 9.62. The van der Waals surface area contributed by atoms with E-state index < -0.39 is 0 Å². The second-order valence-corrected chi connectivity index (χ2v) is 3.46. The third kappa shape index (κ3) is 3.28. The first-order valence-electron chi connectivity index (χ1n) is 2.62. The average molecular weight is 229 g/mol. The third-order valence-electron chi connectivity index (χ3n) is 1.03. The van der Waals surface area contributed by atoms with Crippen molar-refractivity contribution in [3.05, 3.63) is 28.7 Å². The molecule has 1 rings (SSSR count). The zero-order chi connectivity index (χ0) is 6.69. The molecule has 0 radical (unpaired) electrons. The van der Waals surface area contributed by atoms with E-state index in [9.17, 15) is 0 Å². The summed E-state index contributed by atoms with van der Waals surface area (Å²) in [5.41, 5.74) is 0. The minimum atomic E-state index is 0. The Morgan fingerprint density at radius 1 is 1.50 bits per heavy atom. The van der Waals surface area contributed by atoms with E-state index in [-0.39, 0.29) is 25.9 Å². The van der Waals surface area contributed by atoms with E-state index >= 15 is 0 Å². The summed E-state index contributed by atoms with van der Waals surface area (Å²) in [5.74, 6) is 0. The van der Waals surface area contributed by atoms with Crippen LogP contribution in [0.15, 0.2) is 33.6 Å². The van der Waals surface area contributed by atoms with E-state index in [0.717, 1.165) is 4.47 Å². The molecule has 0 heterocycles. The van der Waals surface area contributed by atoms with Gasteiger partial charge in [-0.15, -0.1) is 11.8 Å². The predicted molar refractivity (Wildman–Crippen MR) is 53.9 cm³/mol. The number of benzene rings is 1. The molecule has 0 saturated heterocycles. The molecule has 10 heavy (non-hydrogen) atoms. The van der Waals surface area contributed by atoms with Crippen molar-refractivity contribution in [3.8, 4) is 0 Å². The number of thioether (sulfide) groups is 1. The van der Waals surface area contributed by atoms with E-state index in [4.69, 9.17) is 0 Å². The first kappa shape index (κ1) is 10.8. The van der Waals surface area contributed by atoms with Crippen LogP contribution in [-0.4, -0.2) is 29.3 Å². The first-order valence-corrected chi connectivity index (χ1v) is 4.64. The van der Waals surface area contributed by atoms with Gasteiger partial charge in [-0.3, -0.25) is 0 Å². The van der Waals surface area contributed by atoms with Crippen molar-refractivity contribution in [1.82, 2.24) is 0 Å². The number of hydrogen-bond donors (Lipinski definition) is 0. The molecule has 0 aliphatic heterocycles. The predicted octanol–water partition coefficient (Wildman–Crippen LogP) is 3.02. The smallest absolute Gasteiger partial charge is 1.00 e. The molecule has 52 valence electrons. The molecular formula is C7H9BrMgS. The summed E-state index contributed by atoms with van der Waals surface area (Å²) in [5, 5.41) is 0. The third-order valence-corrected chi connectivity index (χ3v) is 2.25. The SMILES string of the molecule is CSc1cccc(Br)c1.[H-].[H-].[Mg+2]. The maximum atomic E-state index is 3.39. The molecule has 0 bridgehead atoms. The molecular weight excluding hydrogens is 220 g/mol. The summed E-state index contributed by atoms with van der Waals surface area (Å²) in [6, 6.07) is 8.26. The van der Waals surface area contributed by atoms with Gasteiger partial charge in [0.15, 0.2) is 0 Å². The fourth-order valence-corrected chi connectivity index (χ4v) is 1.60. The molecule has 0 spiro atoms. The van der Waals surface area contributed by atoms with E-state index in [0.29, 0.717) is 0 Å². The Balaban J connectivity index is -0.000000270. The molecule has 0 N–H and O–H groups in total. The van der Waals surface area contributed by atoms with Crippen LogP contribution in [0.5, 0.6) is 0 Å². The Kier molecular flexibility index (Phi) is 5.91. The topological polar surface area (TPSA) is 0 Å². The Hall–Kier alpha value is 0.816. The number of halogens is 1. The van der Waals surface area contributed by atoms with Gasteiger partial charge in [-0.1, -0.05) is 22.0 Å². The van der Waals surface area contributed by atoms with Crippen LogP contribution < -0.4 is 0 Å². The van der Waals surface area contributed by atoms with Gasteiger partial charge in [-0.05, 0) is 24.5 Å². The average Bonchev–Trinajstić information content (AvgIpc) is 1.88. The van der Waals surface area contributed by atoms with Crippen LogP contribution in [0.4, 0.5) is 0 Å². The molecule has 0 aromatic heterocycles. The Morgan fingerprint density at radius 3 is 2.60 bits per heavy atom. The minimum Gasteiger partial charge on any atom is -1.00 e. The van der Waals surface area contributed by atoms with Crippen LogP contribution in [0, 0.1) is 0 Å². The Bertz CT molecular complexity index is 210. The van der Waals surface area contributed by atoms with Crippen LogP contribution in [0.25, 0.3) is 0 Å². The molecule has 0 saturated carbocycles. The Morgan fingerprint density at radius 2 is 2.20 bits per heavy atom. The van der Waals surface area contributed by atoms with Gasteiger partial charge in [-0.25, -0.2) is 0 Å². The summed E-state index contributed by atoms with van der Waals surface area (Å²) in [6.07, 6.45) is 2.07. The van der Waals surface area contributed by atoms with Crippen molar-refractivity contribution in [3.63, 3.8) is 0 Å². The van der Waals surface area contributed by atoms with Crippen molar-refractivity contribution in [1.29, 1.82) is 0 Å². The van der Waals surface area contributed by atoms with Gasteiger partial charge in [0.05, 0.1) is 0 Å². The molecule has 0 aliphatic rings. The summed E-state index contributed by atoms with van der Waals surface area (Å²) < 4.78 is 1.15. The van der Waals surface area contributed by atoms with Crippen molar-refractivity contribution in [2.75, 3.05) is 6.26 Å². The van der Waals surface area contributed by atoms with Crippen LogP contribution in [-0.2, 0) is 0 Å². The van der Waals surface area contributed by atoms with Crippen LogP contribution in [0.1, 0.15) is 2.85 Å². The van der Waals surface area contributed by atoms with E-state index in [2.05, 4.69) is 34.3 Å². The standard InChI is InChI=1S/C7H7BrS.Mg.2H/c1-9-7-4-2-3-6(8)5-7;;;/h2-5H,1H3;;;/q;+2;2*-1. The van der Waals surface area contributed by atoms with Crippen LogP contribution in [0.2, 0.25) is 0 Å². The maximum absolute atomic E-state index is 3.39. The maximum Gasteiger partial charge on any atom is 2.00 e. The van der Waals surface area contributed by atoms with E-state index in [1.165, 1.54) is 4.90 Å². The molecule has 0 atom stereocenters. The molecule has 0 amide bonds. The monoisotopic (exact) mass is 228 g/mol. The van der Waals surface area contributed by atoms with Gasteiger partial charge in [0.25, 0.3) is 0 Å². The van der Waals surface area contributed by atoms with Crippen molar-refractivity contribution < 1.29 is 2.85 Å². The summed E-state index contributed by atoms with van der Waals surface area (Å²) in [4.78, 5) is 1.30. The van der Waals surface area contributed by atoms with Gasteiger partial charge in [0.2, 0.25) is 0 Å². The van der Waals surface area contributed by atoms with Gasteiger partial charge < -0.3 is 2.85 Å². The van der Waals surface area contributed by atoms with Crippen LogP contribution >= 0.6 is 27.7 Å². The summed E-state index contributed by atoms with van der Waals surface area (Å²) >= 11 is 5.14. The van der Waals surface area contributed by atoms with Gasteiger partial charge in [-0.2, -0.15) is 0 Å². The fraction of sp³-hybridized carbons (Fsp3) is 0.143. The normalized spacial score (nSPS) is 8.60. The van der Waals surface area contributed by atoms with Crippen molar-refractivity contribution >= 4 is 50.7 Å². The van der Waals surface area contributed by atoms with Crippen molar-refractivity contribution in [2.24, 2.45) is 0 Å².